The molecule has 0 amide bonds. The normalized spacial score (nSPS) is 10.0. The van der Waals surface area contributed by atoms with Gasteiger partial charge in [-0.2, -0.15) is 0 Å². The van der Waals surface area contributed by atoms with Crippen molar-refractivity contribution in [3.63, 3.8) is 0 Å². The van der Waals surface area contributed by atoms with Crippen LogP contribution in [0.15, 0.2) is 42.5 Å². The number of hydrogen-bond acceptors (Lipinski definition) is 4. The third-order valence-electron chi connectivity index (χ3n) is 2.74. The maximum absolute atomic E-state index is 5.70. The second-order valence-electron chi connectivity index (χ2n) is 4.04. The van der Waals surface area contributed by atoms with Crippen molar-refractivity contribution in [1.29, 1.82) is 0 Å². The summed E-state index contributed by atoms with van der Waals surface area (Å²) in [5.41, 5.74) is 7.30. The van der Waals surface area contributed by atoms with Crippen molar-refractivity contribution in [3.8, 4) is 17.2 Å². The molecule has 0 aliphatic heterocycles. The lowest BCUT2D eigenvalue weighted by Crippen LogP contribution is -2.00. The zero-order valence-corrected chi connectivity index (χ0v) is 11.1. The molecule has 2 aromatic carbocycles. The van der Waals surface area contributed by atoms with Crippen LogP contribution in [-0.4, -0.2) is 14.2 Å². The number of nitrogen functional groups attached to an aromatic ring is 1. The summed E-state index contributed by atoms with van der Waals surface area (Å²) in [7, 11) is 3.26. The average Bonchev–Trinajstić information content (AvgIpc) is 2.45. The highest BCUT2D eigenvalue weighted by Gasteiger charge is 2.06. The summed E-state index contributed by atoms with van der Waals surface area (Å²) in [5.74, 6) is 2.27. The van der Waals surface area contributed by atoms with E-state index in [4.69, 9.17) is 19.9 Å². The molecule has 0 saturated heterocycles. The molecule has 2 N–H and O–H groups in total. The molecule has 4 nitrogen and oxygen atoms in total. The summed E-state index contributed by atoms with van der Waals surface area (Å²) < 4.78 is 16.2. The fourth-order valence-corrected chi connectivity index (χ4v) is 1.76. The van der Waals surface area contributed by atoms with Crippen LogP contribution >= 0.6 is 0 Å². The fraction of sp³-hybridized carbons (Fsp3) is 0.200. The Balaban J connectivity index is 2.14. The van der Waals surface area contributed by atoms with E-state index in [0.717, 1.165) is 22.8 Å². The second kappa shape index (κ2) is 6.00. The van der Waals surface area contributed by atoms with Gasteiger partial charge in [0, 0.05) is 17.3 Å². The third kappa shape index (κ3) is 3.31. The van der Waals surface area contributed by atoms with E-state index >= 15 is 0 Å². The standard InChI is InChI=1S/C15H17NO3/c1-17-13-6-7-15(18-2)11(8-13)10-19-14-5-3-4-12(16)9-14/h3-9H,10,16H2,1-2H3. The lowest BCUT2D eigenvalue weighted by molar-refractivity contribution is 0.295. The Labute approximate surface area is 112 Å². The van der Waals surface area contributed by atoms with E-state index in [2.05, 4.69) is 0 Å². The minimum Gasteiger partial charge on any atom is -0.497 e. The molecule has 0 heterocycles. The van der Waals surface area contributed by atoms with E-state index < -0.39 is 0 Å². The molecule has 0 aromatic heterocycles. The van der Waals surface area contributed by atoms with Gasteiger partial charge in [0.25, 0.3) is 0 Å². The van der Waals surface area contributed by atoms with Crippen LogP contribution in [0.1, 0.15) is 5.56 Å². The van der Waals surface area contributed by atoms with Gasteiger partial charge in [0.15, 0.2) is 0 Å². The minimum atomic E-state index is 0.393. The third-order valence-corrected chi connectivity index (χ3v) is 2.74. The maximum atomic E-state index is 5.70. The van der Waals surface area contributed by atoms with Crippen LogP contribution in [0.25, 0.3) is 0 Å². The molecule has 0 aliphatic rings. The van der Waals surface area contributed by atoms with Crippen LogP contribution in [0.2, 0.25) is 0 Å². The molecule has 0 unspecified atom stereocenters. The highest BCUT2D eigenvalue weighted by molar-refractivity contribution is 5.44. The first-order chi connectivity index (χ1) is 9.22. The Morgan fingerprint density at radius 3 is 2.47 bits per heavy atom. The van der Waals surface area contributed by atoms with Crippen molar-refractivity contribution in [1.82, 2.24) is 0 Å². The molecule has 0 radical (unpaired) electrons. The molecule has 19 heavy (non-hydrogen) atoms. The number of methoxy groups -OCH3 is 2. The Bertz CT molecular complexity index is 555. The largest absolute Gasteiger partial charge is 0.497 e. The van der Waals surface area contributed by atoms with Crippen LogP contribution in [0.4, 0.5) is 5.69 Å². The molecule has 2 aromatic rings. The maximum Gasteiger partial charge on any atom is 0.125 e. The number of anilines is 1. The van der Waals surface area contributed by atoms with Crippen LogP contribution in [-0.2, 0) is 6.61 Å². The first kappa shape index (κ1) is 13.1. The highest BCUT2D eigenvalue weighted by atomic mass is 16.5. The molecule has 4 heteroatoms. The van der Waals surface area contributed by atoms with Crippen molar-refractivity contribution >= 4 is 5.69 Å². The zero-order chi connectivity index (χ0) is 13.7. The van der Waals surface area contributed by atoms with E-state index in [1.54, 1.807) is 20.3 Å². The molecular formula is C15H17NO3. The smallest absolute Gasteiger partial charge is 0.125 e. The highest BCUT2D eigenvalue weighted by Crippen LogP contribution is 2.25. The summed E-state index contributed by atoms with van der Waals surface area (Å²) >= 11 is 0. The molecule has 0 aliphatic carbocycles. The summed E-state index contributed by atoms with van der Waals surface area (Å²) in [6.45, 7) is 0.393. The van der Waals surface area contributed by atoms with E-state index in [1.165, 1.54) is 0 Å². The predicted octanol–water partition coefficient (Wildman–Crippen LogP) is 2.87. The van der Waals surface area contributed by atoms with Gasteiger partial charge in [-0.05, 0) is 30.3 Å². The van der Waals surface area contributed by atoms with Gasteiger partial charge in [0.05, 0.1) is 14.2 Å². The Kier molecular flexibility index (Phi) is 4.13. The van der Waals surface area contributed by atoms with Gasteiger partial charge < -0.3 is 19.9 Å². The van der Waals surface area contributed by atoms with Crippen LogP contribution in [0, 0.1) is 0 Å². The van der Waals surface area contributed by atoms with Crippen LogP contribution in [0.3, 0.4) is 0 Å². The van der Waals surface area contributed by atoms with Gasteiger partial charge in [0.1, 0.15) is 23.9 Å². The van der Waals surface area contributed by atoms with E-state index in [0.29, 0.717) is 12.3 Å². The molecule has 0 atom stereocenters. The van der Waals surface area contributed by atoms with Gasteiger partial charge in [-0.3, -0.25) is 0 Å². The van der Waals surface area contributed by atoms with Crippen molar-refractivity contribution in [3.05, 3.63) is 48.0 Å². The van der Waals surface area contributed by atoms with E-state index in [-0.39, 0.29) is 0 Å². The van der Waals surface area contributed by atoms with Gasteiger partial charge in [0.2, 0.25) is 0 Å². The Morgan fingerprint density at radius 1 is 0.947 bits per heavy atom. The molecule has 2 rings (SSSR count). The molecular weight excluding hydrogens is 242 g/mol. The summed E-state index contributed by atoms with van der Waals surface area (Å²) in [6.07, 6.45) is 0. The molecule has 0 fully saturated rings. The first-order valence-corrected chi connectivity index (χ1v) is 5.92. The average molecular weight is 259 g/mol. The number of nitrogens with two attached hydrogens (primary N) is 1. The molecule has 100 valence electrons. The number of rotatable bonds is 5. The van der Waals surface area contributed by atoms with Gasteiger partial charge >= 0.3 is 0 Å². The lowest BCUT2D eigenvalue weighted by Gasteiger charge is -2.12. The van der Waals surface area contributed by atoms with Crippen molar-refractivity contribution in [2.24, 2.45) is 0 Å². The van der Waals surface area contributed by atoms with Gasteiger partial charge in [-0.25, -0.2) is 0 Å². The van der Waals surface area contributed by atoms with Crippen LogP contribution in [0.5, 0.6) is 17.2 Å². The lowest BCUT2D eigenvalue weighted by atomic mass is 10.2. The predicted molar refractivity (Wildman–Crippen MR) is 74.7 cm³/mol. The Hall–Kier alpha value is -2.36. The number of benzene rings is 2. The summed E-state index contributed by atoms with van der Waals surface area (Å²) in [4.78, 5) is 0. The van der Waals surface area contributed by atoms with Gasteiger partial charge in [-0.1, -0.05) is 6.07 Å². The van der Waals surface area contributed by atoms with Crippen molar-refractivity contribution in [2.45, 2.75) is 6.61 Å². The van der Waals surface area contributed by atoms with E-state index in [1.807, 2.05) is 36.4 Å². The summed E-state index contributed by atoms with van der Waals surface area (Å²) in [5, 5.41) is 0. The zero-order valence-electron chi connectivity index (χ0n) is 11.1. The molecule has 0 spiro atoms. The topological polar surface area (TPSA) is 53.7 Å². The first-order valence-electron chi connectivity index (χ1n) is 5.92. The Morgan fingerprint density at radius 2 is 1.79 bits per heavy atom. The fourth-order valence-electron chi connectivity index (χ4n) is 1.76. The number of hydrogen-bond donors (Lipinski definition) is 1. The molecule has 0 saturated carbocycles. The number of ether oxygens (including phenoxy) is 3. The second-order valence-corrected chi connectivity index (χ2v) is 4.04. The van der Waals surface area contributed by atoms with Crippen molar-refractivity contribution < 1.29 is 14.2 Å². The minimum absolute atomic E-state index is 0.393. The van der Waals surface area contributed by atoms with Crippen LogP contribution < -0.4 is 19.9 Å². The summed E-state index contributed by atoms with van der Waals surface area (Å²) in [6, 6.07) is 12.9. The van der Waals surface area contributed by atoms with Gasteiger partial charge in [-0.15, -0.1) is 0 Å². The van der Waals surface area contributed by atoms with Crippen molar-refractivity contribution in [2.75, 3.05) is 20.0 Å². The van der Waals surface area contributed by atoms with E-state index in [9.17, 15) is 0 Å². The molecule has 0 bridgehead atoms. The quantitative estimate of drug-likeness (QED) is 0.839. The SMILES string of the molecule is COc1ccc(OC)c(COc2cccc(N)c2)c1. The monoisotopic (exact) mass is 259 g/mol.